The average molecular weight is 330 g/mol. The molecule has 1 aromatic heterocycles. The lowest BCUT2D eigenvalue weighted by Gasteiger charge is -2.24. The van der Waals surface area contributed by atoms with Gasteiger partial charge in [0.2, 0.25) is 5.89 Å². The number of hydrogen-bond acceptors (Lipinski definition) is 4. The SMILES string of the molecule is CC1=CCN(C(=O)Nc2nnc(-c3c(C)cc(F)cc3C)o2)CC1. The van der Waals surface area contributed by atoms with Crippen LogP contribution in [0.15, 0.2) is 28.2 Å². The fourth-order valence-electron chi connectivity index (χ4n) is 2.75. The lowest BCUT2D eigenvalue weighted by atomic mass is 10.0. The third-order valence-corrected chi connectivity index (χ3v) is 4.07. The Morgan fingerprint density at radius 2 is 1.96 bits per heavy atom. The second-order valence-electron chi connectivity index (χ2n) is 6.00. The van der Waals surface area contributed by atoms with Crippen molar-refractivity contribution in [2.45, 2.75) is 27.2 Å². The summed E-state index contributed by atoms with van der Waals surface area (Å²) >= 11 is 0. The average Bonchev–Trinajstić information content (AvgIpc) is 2.95. The number of nitrogens with zero attached hydrogens (tertiary/aromatic N) is 3. The molecule has 24 heavy (non-hydrogen) atoms. The molecule has 0 saturated heterocycles. The molecule has 0 atom stereocenters. The topological polar surface area (TPSA) is 71.3 Å². The van der Waals surface area contributed by atoms with E-state index in [9.17, 15) is 9.18 Å². The van der Waals surface area contributed by atoms with Gasteiger partial charge in [-0.1, -0.05) is 16.7 Å². The number of benzene rings is 1. The molecule has 1 aliphatic rings. The van der Waals surface area contributed by atoms with E-state index in [4.69, 9.17) is 4.42 Å². The summed E-state index contributed by atoms with van der Waals surface area (Å²) in [5, 5.41) is 10.4. The minimum Gasteiger partial charge on any atom is -0.403 e. The number of nitrogens with one attached hydrogen (secondary N) is 1. The molecule has 3 rings (SSSR count). The van der Waals surface area contributed by atoms with Crippen LogP contribution in [0.2, 0.25) is 0 Å². The minimum absolute atomic E-state index is 0.0319. The second-order valence-corrected chi connectivity index (χ2v) is 6.00. The van der Waals surface area contributed by atoms with E-state index in [0.717, 1.165) is 6.42 Å². The van der Waals surface area contributed by atoms with Crippen LogP contribution in [0.4, 0.5) is 15.2 Å². The summed E-state index contributed by atoms with van der Waals surface area (Å²) in [6, 6.07) is 2.58. The fourth-order valence-corrected chi connectivity index (χ4v) is 2.75. The lowest BCUT2D eigenvalue weighted by molar-refractivity contribution is 0.215. The van der Waals surface area contributed by atoms with Crippen LogP contribution in [-0.4, -0.2) is 34.2 Å². The Morgan fingerprint density at radius 1 is 1.25 bits per heavy atom. The van der Waals surface area contributed by atoms with Crippen LogP contribution in [0.25, 0.3) is 11.5 Å². The fraction of sp³-hybridized carbons (Fsp3) is 0.353. The van der Waals surface area contributed by atoms with Crippen molar-refractivity contribution in [3.05, 3.63) is 40.7 Å². The highest BCUT2D eigenvalue weighted by Gasteiger charge is 2.20. The van der Waals surface area contributed by atoms with E-state index in [2.05, 4.69) is 15.5 Å². The van der Waals surface area contributed by atoms with Gasteiger partial charge in [-0.2, -0.15) is 0 Å². The highest BCUT2D eigenvalue weighted by molar-refractivity contribution is 5.87. The monoisotopic (exact) mass is 330 g/mol. The number of carbonyl (C=O) groups is 1. The van der Waals surface area contributed by atoms with Crippen molar-refractivity contribution in [3.8, 4) is 11.5 Å². The maximum atomic E-state index is 13.4. The van der Waals surface area contributed by atoms with E-state index in [-0.39, 0.29) is 23.8 Å². The number of amides is 2. The summed E-state index contributed by atoms with van der Waals surface area (Å²) < 4.78 is 18.9. The maximum absolute atomic E-state index is 13.4. The van der Waals surface area contributed by atoms with Gasteiger partial charge in [0.15, 0.2) is 0 Å². The Balaban J connectivity index is 1.76. The van der Waals surface area contributed by atoms with Crippen molar-refractivity contribution in [3.63, 3.8) is 0 Å². The Kier molecular flexibility index (Phi) is 4.33. The standard InChI is InChI=1S/C17H19FN4O2/c1-10-4-6-22(7-5-10)17(23)19-16-21-20-15(24-16)14-11(2)8-13(18)9-12(14)3/h4,8-9H,5-7H2,1-3H3,(H,19,21,23). The zero-order chi connectivity index (χ0) is 17.3. The second kappa shape index (κ2) is 6.43. The summed E-state index contributed by atoms with van der Waals surface area (Å²) in [6.07, 6.45) is 2.88. The van der Waals surface area contributed by atoms with Crippen LogP contribution >= 0.6 is 0 Å². The van der Waals surface area contributed by atoms with Crippen LogP contribution in [0.1, 0.15) is 24.5 Å². The Labute approximate surface area is 139 Å². The van der Waals surface area contributed by atoms with Gasteiger partial charge in [-0.15, -0.1) is 5.10 Å². The van der Waals surface area contributed by atoms with Crippen molar-refractivity contribution in [1.82, 2.24) is 15.1 Å². The first-order valence-electron chi connectivity index (χ1n) is 7.76. The highest BCUT2D eigenvalue weighted by atomic mass is 19.1. The number of urea groups is 1. The molecule has 1 aromatic carbocycles. The van der Waals surface area contributed by atoms with Crippen molar-refractivity contribution in [2.75, 3.05) is 18.4 Å². The molecule has 0 spiro atoms. The van der Waals surface area contributed by atoms with E-state index in [0.29, 0.717) is 29.8 Å². The number of halogens is 1. The first kappa shape index (κ1) is 16.2. The molecule has 1 aliphatic heterocycles. The third kappa shape index (κ3) is 3.29. The van der Waals surface area contributed by atoms with Crippen LogP contribution in [0.3, 0.4) is 0 Å². The Morgan fingerprint density at radius 3 is 2.58 bits per heavy atom. The van der Waals surface area contributed by atoms with Crippen LogP contribution in [0.5, 0.6) is 0 Å². The van der Waals surface area contributed by atoms with E-state index < -0.39 is 0 Å². The van der Waals surface area contributed by atoms with Gasteiger partial charge in [-0.3, -0.25) is 5.32 Å². The molecule has 1 N–H and O–H groups in total. The normalized spacial score (nSPS) is 14.5. The quantitative estimate of drug-likeness (QED) is 0.853. The number of anilines is 1. The molecule has 2 amide bonds. The molecule has 0 radical (unpaired) electrons. The van der Waals surface area contributed by atoms with Gasteiger partial charge in [-0.25, -0.2) is 9.18 Å². The van der Waals surface area contributed by atoms with Gasteiger partial charge in [0, 0.05) is 18.7 Å². The van der Waals surface area contributed by atoms with Crippen LogP contribution in [0, 0.1) is 19.7 Å². The largest absolute Gasteiger partial charge is 0.403 e. The van der Waals surface area contributed by atoms with E-state index in [1.807, 2.05) is 13.0 Å². The molecule has 0 saturated carbocycles. The lowest BCUT2D eigenvalue weighted by Crippen LogP contribution is -2.37. The number of aromatic nitrogens is 2. The number of rotatable bonds is 2. The third-order valence-electron chi connectivity index (χ3n) is 4.07. The number of hydrogen-bond donors (Lipinski definition) is 1. The number of aryl methyl sites for hydroxylation is 2. The first-order chi connectivity index (χ1) is 11.4. The van der Waals surface area contributed by atoms with Gasteiger partial charge < -0.3 is 9.32 Å². The van der Waals surface area contributed by atoms with E-state index >= 15 is 0 Å². The number of carbonyl (C=O) groups excluding carboxylic acids is 1. The molecule has 126 valence electrons. The molecular weight excluding hydrogens is 311 g/mol. The van der Waals surface area contributed by atoms with Crippen molar-refractivity contribution in [1.29, 1.82) is 0 Å². The minimum atomic E-state index is -0.310. The first-order valence-corrected chi connectivity index (χ1v) is 7.76. The van der Waals surface area contributed by atoms with Crippen LogP contribution in [-0.2, 0) is 0 Å². The summed E-state index contributed by atoms with van der Waals surface area (Å²) in [4.78, 5) is 13.9. The van der Waals surface area contributed by atoms with Crippen molar-refractivity contribution >= 4 is 12.0 Å². The van der Waals surface area contributed by atoms with Gasteiger partial charge in [-0.05, 0) is 50.5 Å². The van der Waals surface area contributed by atoms with Crippen molar-refractivity contribution in [2.24, 2.45) is 0 Å². The van der Waals surface area contributed by atoms with Gasteiger partial charge in [0.25, 0.3) is 0 Å². The summed E-state index contributed by atoms with van der Waals surface area (Å²) in [5.74, 6) is -0.0510. The zero-order valence-corrected chi connectivity index (χ0v) is 13.9. The van der Waals surface area contributed by atoms with Gasteiger partial charge >= 0.3 is 12.0 Å². The maximum Gasteiger partial charge on any atom is 0.325 e. The summed E-state index contributed by atoms with van der Waals surface area (Å²) in [5.41, 5.74) is 3.36. The van der Waals surface area contributed by atoms with Gasteiger partial charge in [0.1, 0.15) is 5.82 Å². The molecule has 6 nitrogen and oxygen atoms in total. The van der Waals surface area contributed by atoms with Gasteiger partial charge in [0.05, 0.1) is 0 Å². The molecule has 0 aliphatic carbocycles. The molecular formula is C17H19FN4O2. The smallest absolute Gasteiger partial charge is 0.325 e. The molecule has 0 fully saturated rings. The molecule has 2 aromatic rings. The predicted octanol–water partition coefficient (Wildman–Crippen LogP) is 3.68. The van der Waals surface area contributed by atoms with E-state index in [1.54, 1.807) is 18.7 Å². The zero-order valence-electron chi connectivity index (χ0n) is 13.9. The molecule has 2 heterocycles. The molecule has 0 unspecified atom stereocenters. The highest BCUT2D eigenvalue weighted by Crippen LogP contribution is 2.28. The van der Waals surface area contributed by atoms with Crippen LogP contribution < -0.4 is 5.32 Å². The summed E-state index contributed by atoms with van der Waals surface area (Å²) in [6.45, 7) is 6.82. The summed E-state index contributed by atoms with van der Waals surface area (Å²) in [7, 11) is 0. The molecule has 7 heteroatoms. The Hall–Kier alpha value is -2.70. The molecule has 0 bridgehead atoms. The van der Waals surface area contributed by atoms with Crippen molar-refractivity contribution < 1.29 is 13.6 Å². The predicted molar refractivity (Wildman–Crippen MR) is 88.1 cm³/mol. The van der Waals surface area contributed by atoms with E-state index in [1.165, 1.54) is 17.7 Å². The Bertz CT molecular complexity index is 790.